The van der Waals surface area contributed by atoms with Crippen molar-refractivity contribution in [3.05, 3.63) is 71.3 Å². The molecule has 0 spiro atoms. The summed E-state index contributed by atoms with van der Waals surface area (Å²) >= 11 is 0. The number of primary amides is 1. The van der Waals surface area contributed by atoms with Gasteiger partial charge in [-0.25, -0.2) is 9.79 Å². The van der Waals surface area contributed by atoms with Crippen LogP contribution in [0.3, 0.4) is 0 Å². The van der Waals surface area contributed by atoms with Crippen molar-refractivity contribution in [1.29, 1.82) is 0 Å². The first kappa shape index (κ1) is 17.5. The normalized spacial score (nSPS) is 16.7. The van der Waals surface area contributed by atoms with E-state index in [0.717, 1.165) is 16.7 Å². The van der Waals surface area contributed by atoms with E-state index in [1.54, 1.807) is 6.92 Å². The average Bonchev–Trinajstić information content (AvgIpc) is 3.16. The quantitative estimate of drug-likeness (QED) is 0.507. The Hall–Kier alpha value is -3.30. The van der Waals surface area contributed by atoms with Gasteiger partial charge in [-0.1, -0.05) is 48.2 Å². The van der Waals surface area contributed by atoms with Gasteiger partial charge in [0.05, 0.1) is 0 Å². The predicted molar refractivity (Wildman–Crippen MR) is 97.7 cm³/mol. The molecule has 0 aromatic heterocycles. The highest BCUT2D eigenvalue weighted by Gasteiger charge is 2.21. The summed E-state index contributed by atoms with van der Waals surface area (Å²) in [5.74, 6) is 6.27. The summed E-state index contributed by atoms with van der Waals surface area (Å²) in [4.78, 5) is 15.6. The summed E-state index contributed by atoms with van der Waals surface area (Å²) in [6, 6.07) is 15.8. The highest BCUT2D eigenvalue weighted by molar-refractivity contribution is 5.95. The lowest BCUT2D eigenvalue weighted by atomic mass is 10.1. The fourth-order valence-electron chi connectivity index (χ4n) is 2.55. The van der Waals surface area contributed by atoms with Crippen LogP contribution in [0.15, 0.2) is 59.6 Å². The molecule has 6 nitrogen and oxygen atoms in total. The van der Waals surface area contributed by atoms with Gasteiger partial charge in [-0.2, -0.15) is 5.06 Å². The maximum absolute atomic E-state index is 10.9. The van der Waals surface area contributed by atoms with Crippen molar-refractivity contribution in [1.82, 2.24) is 5.06 Å². The largest absolute Gasteiger partial charge is 0.475 e. The molecule has 2 unspecified atom stereocenters. The Balaban J connectivity index is 1.77. The molecule has 0 bridgehead atoms. The third kappa shape index (κ3) is 4.02. The molecule has 3 rings (SSSR count). The predicted octanol–water partition coefficient (Wildman–Crippen LogP) is 2.71. The zero-order valence-electron chi connectivity index (χ0n) is 14.3. The number of carbonyl (C=O) groups excluding carboxylic acids is 1. The van der Waals surface area contributed by atoms with Crippen molar-refractivity contribution >= 4 is 11.9 Å². The summed E-state index contributed by atoms with van der Waals surface area (Å²) in [5.41, 5.74) is 7.68. The van der Waals surface area contributed by atoms with Gasteiger partial charge in [-0.05, 0) is 30.7 Å². The first-order valence-corrected chi connectivity index (χ1v) is 8.19. The first-order valence-electron chi connectivity index (χ1n) is 8.19. The number of nitrogens with zero attached hydrogens (tertiary/aromatic N) is 2. The molecule has 0 saturated heterocycles. The van der Waals surface area contributed by atoms with E-state index in [9.17, 15) is 10.0 Å². The number of hydrogen-bond acceptors (Lipinski definition) is 4. The number of aliphatic imine (C=N–C) groups is 1. The molecule has 0 aliphatic carbocycles. The van der Waals surface area contributed by atoms with Gasteiger partial charge in [0.2, 0.25) is 5.90 Å². The van der Waals surface area contributed by atoms with Gasteiger partial charge < -0.3 is 10.5 Å². The fraction of sp³-hybridized carbons (Fsp3) is 0.200. The molecule has 2 amide bonds. The monoisotopic (exact) mass is 349 g/mol. The second-order valence-corrected chi connectivity index (χ2v) is 5.88. The highest BCUT2D eigenvalue weighted by atomic mass is 16.5. The Kier molecular flexibility index (Phi) is 5.20. The average molecular weight is 349 g/mol. The van der Waals surface area contributed by atoms with E-state index in [0.29, 0.717) is 17.6 Å². The lowest BCUT2D eigenvalue weighted by molar-refractivity contribution is -0.0536. The van der Waals surface area contributed by atoms with Crippen molar-refractivity contribution in [2.24, 2.45) is 10.7 Å². The summed E-state index contributed by atoms with van der Waals surface area (Å²) in [5, 5.41) is 9.85. The van der Waals surface area contributed by atoms with Crippen LogP contribution in [0.2, 0.25) is 0 Å². The molecule has 6 heteroatoms. The summed E-state index contributed by atoms with van der Waals surface area (Å²) in [7, 11) is 0. The Morgan fingerprint density at radius 2 is 2.08 bits per heavy atom. The number of nitrogens with two attached hydrogens (primary N) is 1. The SMILES string of the molecule is CC(C#Cc1cccc(C2=NC(c3ccccc3)CO2)c1)N(O)C(N)=O. The molecule has 0 radical (unpaired) electrons. The standard InChI is InChI=1S/C20H19N3O3/c1-14(23(25)20(21)24)10-11-15-6-5-9-17(12-15)19-22-18(13-26-19)16-7-3-2-4-8-16/h2-9,12,14,18,25H,13H2,1H3,(H2,21,24). The summed E-state index contributed by atoms with van der Waals surface area (Å²) in [6.07, 6.45) is 0. The van der Waals surface area contributed by atoms with Crippen LogP contribution in [0.1, 0.15) is 29.7 Å². The zero-order valence-corrected chi connectivity index (χ0v) is 14.3. The summed E-state index contributed by atoms with van der Waals surface area (Å²) in [6.45, 7) is 2.08. The van der Waals surface area contributed by atoms with Crippen molar-refractivity contribution in [3.63, 3.8) is 0 Å². The molecular weight excluding hydrogens is 330 g/mol. The number of urea groups is 1. The maximum Gasteiger partial charge on any atom is 0.339 e. The Morgan fingerprint density at radius 3 is 2.81 bits per heavy atom. The van der Waals surface area contributed by atoms with Crippen LogP contribution < -0.4 is 5.73 Å². The van der Waals surface area contributed by atoms with E-state index >= 15 is 0 Å². The Morgan fingerprint density at radius 1 is 1.31 bits per heavy atom. The lowest BCUT2D eigenvalue weighted by Crippen LogP contribution is -2.38. The number of benzene rings is 2. The van der Waals surface area contributed by atoms with Crippen LogP contribution in [0.5, 0.6) is 0 Å². The van der Waals surface area contributed by atoms with Gasteiger partial charge >= 0.3 is 6.03 Å². The van der Waals surface area contributed by atoms with Gasteiger partial charge in [-0.3, -0.25) is 5.21 Å². The van der Waals surface area contributed by atoms with E-state index in [4.69, 9.17) is 10.5 Å². The van der Waals surface area contributed by atoms with E-state index in [1.807, 2.05) is 54.6 Å². The minimum atomic E-state index is -0.943. The molecule has 132 valence electrons. The number of carbonyl (C=O) groups is 1. The number of hydroxylamine groups is 2. The highest BCUT2D eigenvalue weighted by Crippen LogP contribution is 2.25. The zero-order chi connectivity index (χ0) is 18.5. The smallest absolute Gasteiger partial charge is 0.339 e. The Bertz CT molecular complexity index is 884. The van der Waals surface area contributed by atoms with Crippen molar-refractivity contribution in [2.75, 3.05) is 6.61 Å². The maximum atomic E-state index is 10.9. The molecule has 1 aliphatic heterocycles. The summed E-state index contributed by atoms with van der Waals surface area (Å²) < 4.78 is 5.75. The molecule has 26 heavy (non-hydrogen) atoms. The Labute approximate surface area is 151 Å². The number of hydrogen-bond donors (Lipinski definition) is 2. The van der Waals surface area contributed by atoms with Crippen molar-refractivity contribution in [3.8, 4) is 11.8 Å². The molecule has 1 heterocycles. The van der Waals surface area contributed by atoms with E-state index < -0.39 is 12.1 Å². The van der Waals surface area contributed by atoms with Gasteiger partial charge in [-0.15, -0.1) is 0 Å². The van der Waals surface area contributed by atoms with Crippen molar-refractivity contribution in [2.45, 2.75) is 19.0 Å². The van der Waals surface area contributed by atoms with Gasteiger partial charge in [0.15, 0.2) is 0 Å². The molecule has 2 aromatic rings. The number of ether oxygens (including phenoxy) is 1. The van der Waals surface area contributed by atoms with Gasteiger partial charge in [0, 0.05) is 11.1 Å². The topological polar surface area (TPSA) is 88.2 Å². The van der Waals surface area contributed by atoms with Crippen LogP contribution in [0.25, 0.3) is 0 Å². The number of rotatable bonds is 3. The van der Waals surface area contributed by atoms with Crippen LogP contribution in [-0.4, -0.2) is 34.8 Å². The van der Waals surface area contributed by atoms with Gasteiger partial charge in [0.1, 0.15) is 18.7 Å². The van der Waals surface area contributed by atoms with Gasteiger partial charge in [0.25, 0.3) is 0 Å². The molecular formula is C20H19N3O3. The minimum Gasteiger partial charge on any atom is -0.475 e. The first-order chi connectivity index (χ1) is 12.5. The van der Waals surface area contributed by atoms with Crippen LogP contribution >= 0.6 is 0 Å². The third-order valence-corrected chi connectivity index (χ3v) is 3.96. The van der Waals surface area contributed by atoms with Crippen molar-refractivity contribution < 1.29 is 14.7 Å². The molecule has 1 aliphatic rings. The van der Waals surface area contributed by atoms with Crippen LogP contribution in [0.4, 0.5) is 4.79 Å². The molecule has 2 atom stereocenters. The molecule has 2 aromatic carbocycles. The lowest BCUT2D eigenvalue weighted by Gasteiger charge is -2.14. The third-order valence-electron chi connectivity index (χ3n) is 3.96. The van der Waals surface area contributed by atoms with Crippen LogP contribution in [0, 0.1) is 11.8 Å². The van der Waals surface area contributed by atoms with Crippen LogP contribution in [-0.2, 0) is 4.74 Å². The van der Waals surface area contributed by atoms with E-state index in [-0.39, 0.29) is 6.04 Å². The van der Waals surface area contributed by atoms with E-state index in [1.165, 1.54) is 0 Å². The second-order valence-electron chi connectivity index (χ2n) is 5.88. The molecule has 0 saturated carbocycles. The second kappa shape index (κ2) is 7.72. The van der Waals surface area contributed by atoms with E-state index in [2.05, 4.69) is 16.8 Å². The minimum absolute atomic E-state index is 0.0144. The molecule has 0 fully saturated rings. The fourth-order valence-corrected chi connectivity index (χ4v) is 2.55. The molecule has 3 N–H and O–H groups in total. The number of amides is 2.